The van der Waals surface area contributed by atoms with Crippen LogP contribution in [-0.4, -0.2) is 5.25 Å². The molecule has 17 heavy (non-hydrogen) atoms. The molecule has 4 bridgehead atoms. The van der Waals surface area contributed by atoms with Gasteiger partial charge in [-0.3, -0.25) is 0 Å². The lowest BCUT2D eigenvalue weighted by atomic mass is 9.55. The van der Waals surface area contributed by atoms with E-state index in [4.69, 9.17) is 5.26 Å². The van der Waals surface area contributed by atoms with Crippen LogP contribution in [0, 0.1) is 45.7 Å². The maximum Gasteiger partial charge on any atom is 0.133 e. The first-order valence-electron chi connectivity index (χ1n) is 7.11. The second-order valence-electron chi connectivity index (χ2n) is 7.16. The standard InChI is InChI=1S/C15H23NS/c1-9(2)11-6-12-10-4-5-15(3,7-13(10)11)14(12)17-8-16/h9-14H,4-7H2,1-3H3/t10?,11-,12?,13?,14+,15+/m1/s1. The van der Waals surface area contributed by atoms with Gasteiger partial charge in [0.2, 0.25) is 0 Å². The average molecular weight is 249 g/mol. The molecule has 1 nitrogen and oxygen atoms in total. The Bertz CT molecular complexity index is 358. The van der Waals surface area contributed by atoms with Crippen molar-refractivity contribution in [1.29, 1.82) is 5.26 Å². The third-order valence-corrected chi connectivity index (χ3v) is 7.33. The molecule has 4 saturated carbocycles. The third-order valence-electron chi connectivity index (χ3n) is 6.06. The lowest BCUT2D eigenvalue weighted by molar-refractivity contribution is 0.0120. The van der Waals surface area contributed by atoms with Crippen molar-refractivity contribution in [3.8, 4) is 5.40 Å². The van der Waals surface area contributed by atoms with Gasteiger partial charge in [-0.25, -0.2) is 0 Å². The van der Waals surface area contributed by atoms with Crippen LogP contribution < -0.4 is 0 Å². The number of thiocyanates is 1. The third kappa shape index (κ3) is 1.58. The van der Waals surface area contributed by atoms with Crippen molar-refractivity contribution >= 4 is 11.8 Å². The fourth-order valence-electron chi connectivity index (χ4n) is 5.34. The molecule has 4 rings (SSSR count). The van der Waals surface area contributed by atoms with Gasteiger partial charge in [-0.2, -0.15) is 5.26 Å². The van der Waals surface area contributed by atoms with Gasteiger partial charge in [0.05, 0.1) is 0 Å². The zero-order valence-electron chi connectivity index (χ0n) is 11.1. The van der Waals surface area contributed by atoms with Crippen LogP contribution in [0.3, 0.4) is 0 Å². The molecule has 4 aliphatic carbocycles. The summed E-state index contributed by atoms with van der Waals surface area (Å²) in [5, 5.41) is 12.1. The van der Waals surface area contributed by atoms with Crippen molar-refractivity contribution in [3.63, 3.8) is 0 Å². The Balaban J connectivity index is 1.92. The number of nitriles is 1. The number of fused-ring (bicyclic) bond motifs is 1. The Labute approximate surface area is 109 Å². The van der Waals surface area contributed by atoms with Gasteiger partial charge in [0, 0.05) is 5.25 Å². The molecule has 0 aromatic carbocycles. The molecule has 94 valence electrons. The van der Waals surface area contributed by atoms with Gasteiger partial charge >= 0.3 is 0 Å². The molecular formula is C15H23NS. The average Bonchev–Trinajstić information content (AvgIpc) is 2.59. The van der Waals surface area contributed by atoms with Crippen LogP contribution >= 0.6 is 11.8 Å². The van der Waals surface area contributed by atoms with E-state index in [-0.39, 0.29) is 0 Å². The second-order valence-corrected chi connectivity index (χ2v) is 8.09. The molecule has 0 radical (unpaired) electrons. The normalized spacial score (nSPS) is 51.8. The minimum Gasteiger partial charge on any atom is -0.185 e. The first kappa shape index (κ1) is 11.9. The van der Waals surface area contributed by atoms with Gasteiger partial charge in [-0.1, -0.05) is 20.8 Å². The van der Waals surface area contributed by atoms with E-state index < -0.39 is 0 Å². The summed E-state index contributed by atoms with van der Waals surface area (Å²) in [5.74, 6) is 4.56. The number of hydrogen-bond acceptors (Lipinski definition) is 2. The van der Waals surface area contributed by atoms with E-state index in [1.165, 1.54) is 25.7 Å². The van der Waals surface area contributed by atoms with E-state index in [1.54, 1.807) is 11.8 Å². The number of thioether (sulfide) groups is 1. The largest absolute Gasteiger partial charge is 0.185 e. The van der Waals surface area contributed by atoms with Gasteiger partial charge < -0.3 is 0 Å². The molecule has 0 amide bonds. The minimum absolute atomic E-state index is 0.466. The number of hydrogen-bond donors (Lipinski definition) is 0. The van der Waals surface area contributed by atoms with Gasteiger partial charge in [0.15, 0.2) is 0 Å². The first-order valence-corrected chi connectivity index (χ1v) is 7.99. The molecule has 0 aromatic rings. The fraction of sp³-hybridized carbons (Fsp3) is 0.933. The maximum absolute atomic E-state index is 9.08. The smallest absolute Gasteiger partial charge is 0.133 e. The summed E-state index contributed by atoms with van der Waals surface area (Å²) < 4.78 is 0. The van der Waals surface area contributed by atoms with E-state index >= 15 is 0 Å². The highest BCUT2D eigenvalue weighted by molar-refractivity contribution is 8.04. The Hall–Kier alpha value is -0.160. The summed E-state index contributed by atoms with van der Waals surface area (Å²) in [6.45, 7) is 7.25. The molecule has 4 fully saturated rings. The highest BCUT2D eigenvalue weighted by atomic mass is 32.2. The van der Waals surface area contributed by atoms with Crippen LogP contribution in [0.1, 0.15) is 46.5 Å². The summed E-state index contributed by atoms with van der Waals surface area (Å²) in [6, 6.07) is 0. The summed E-state index contributed by atoms with van der Waals surface area (Å²) in [5.41, 5.74) is 0.466. The molecule has 0 aliphatic heterocycles. The monoisotopic (exact) mass is 249 g/mol. The molecule has 0 saturated heterocycles. The predicted molar refractivity (Wildman–Crippen MR) is 72.4 cm³/mol. The first-order chi connectivity index (χ1) is 8.07. The topological polar surface area (TPSA) is 23.8 Å². The lowest BCUT2D eigenvalue weighted by Gasteiger charge is -2.54. The van der Waals surface area contributed by atoms with E-state index in [9.17, 15) is 0 Å². The fourth-order valence-corrected chi connectivity index (χ4v) is 6.44. The molecule has 2 heteroatoms. The summed E-state index contributed by atoms with van der Waals surface area (Å²) in [7, 11) is 0. The zero-order chi connectivity index (χ0) is 12.2. The molecule has 6 atom stereocenters. The SMILES string of the molecule is CC(C)[C@H]1CC2C3CC[C@@](C)(CC31)[C@H]2SC#N. The van der Waals surface area contributed by atoms with Crippen LogP contribution in [0.25, 0.3) is 0 Å². The lowest BCUT2D eigenvalue weighted by Crippen LogP contribution is -2.49. The van der Waals surface area contributed by atoms with Crippen LogP contribution in [-0.2, 0) is 0 Å². The van der Waals surface area contributed by atoms with Crippen LogP contribution in [0.4, 0.5) is 0 Å². The van der Waals surface area contributed by atoms with E-state index in [0.29, 0.717) is 10.7 Å². The molecule has 0 heterocycles. The predicted octanol–water partition coefficient (Wildman–Crippen LogP) is 4.30. The molecule has 0 aromatic heterocycles. The Morgan fingerprint density at radius 3 is 2.71 bits per heavy atom. The summed E-state index contributed by atoms with van der Waals surface area (Å²) in [6.07, 6.45) is 5.62. The van der Waals surface area contributed by atoms with Gasteiger partial charge in [0.25, 0.3) is 0 Å². The zero-order valence-corrected chi connectivity index (χ0v) is 12.0. The van der Waals surface area contributed by atoms with Crippen molar-refractivity contribution in [2.24, 2.45) is 35.0 Å². The summed E-state index contributed by atoms with van der Waals surface area (Å²) in [4.78, 5) is 0. The Morgan fingerprint density at radius 1 is 1.29 bits per heavy atom. The molecule has 4 aliphatic rings. The second kappa shape index (κ2) is 3.92. The van der Waals surface area contributed by atoms with Crippen molar-refractivity contribution in [1.82, 2.24) is 0 Å². The highest BCUT2D eigenvalue weighted by Crippen LogP contribution is 2.67. The van der Waals surface area contributed by atoms with Crippen LogP contribution in [0.5, 0.6) is 0 Å². The van der Waals surface area contributed by atoms with E-state index in [1.807, 2.05) is 0 Å². The number of rotatable bonds is 2. The molecule has 0 N–H and O–H groups in total. The van der Waals surface area contributed by atoms with Crippen molar-refractivity contribution in [2.75, 3.05) is 0 Å². The molecular weight excluding hydrogens is 226 g/mol. The minimum atomic E-state index is 0.466. The van der Waals surface area contributed by atoms with Gasteiger partial charge in [0.1, 0.15) is 5.40 Å². The van der Waals surface area contributed by atoms with Crippen molar-refractivity contribution in [3.05, 3.63) is 0 Å². The van der Waals surface area contributed by atoms with Gasteiger partial charge in [-0.05, 0) is 72.4 Å². The number of nitrogens with zero attached hydrogens (tertiary/aromatic N) is 1. The van der Waals surface area contributed by atoms with Crippen LogP contribution in [0.2, 0.25) is 0 Å². The quantitative estimate of drug-likeness (QED) is 0.681. The van der Waals surface area contributed by atoms with Crippen molar-refractivity contribution in [2.45, 2.75) is 51.7 Å². The van der Waals surface area contributed by atoms with E-state index in [0.717, 1.165) is 29.6 Å². The van der Waals surface area contributed by atoms with Crippen molar-refractivity contribution < 1.29 is 0 Å². The molecule has 0 spiro atoms. The maximum atomic E-state index is 9.08. The summed E-state index contributed by atoms with van der Waals surface area (Å²) >= 11 is 1.59. The highest BCUT2D eigenvalue weighted by Gasteiger charge is 2.60. The van der Waals surface area contributed by atoms with E-state index in [2.05, 4.69) is 26.2 Å². The van der Waals surface area contributed by atoms with Crippen LogP contribution in [0.15, 0.2) is 0 Å². The molecule has 3 unspecified atom stereocenters. The Morgan fingerprint density at radius 2 is 2.06 bits per heavy atom. The van der Waals surface area contributed by atoms with Gasteiger partial charge in [-0.15, -0.1) is 0 Å². The Kier molecular flexibility index (Phi) is 2.74.